The third kappa shape index (κ3) is 3.31. The Morgan fingerprint density at radius 3 is 2.87 bits per heavy atom. The standard InChI is InChI=1S/C7H11F2N3O2S/c8-6(9)4-1-5(13)11-3(2-15-4)7(14)12-10/h3-4,6H,1-2,10H2,(H,11,13)(H,12,14)/t3-,4-/m0/s1. The van der Waals surface area contributed by atoms with E-state index in [2.05, 4.69) is 5.32 Å². The van der Waals surface area contributed by atoms with E-state index in [0.717, 1.165) is 11.8 Å². The van der Waals surface area contributed by atoms with Crippen LogP contribution in [0.25, 0.3) is 0 Å². The minimum Gasteiger partial charge on any atom is -0.343 e. The van der Waals surface area contributed by atoms with Gasteiger partial charge in [0.15, 0.2) is 0 Å². The summed E-state index contributed by atoms with van der Waals surface area (Å²) in [7, 11) is 0. The highest BCUT2D eigenvalue weighted by Crippen LogP contribution is 2.24. The van der Waals surface area contributed by atoms with E-state index >= 15 is 0 Å². The second kappa shape index (κ2) is 5.26. The van der Waals surface area contributed by atoms with Gasteiger partial charge in [0.25, 0.3) is 12.3 Å². The fourth-order valence-corrected chi connectivity index (χ4v) is 2.25. The zero-order chi connectivity index (χ0) is 11.4. The minimum atomic E-state index is -2.57. The monoisotopic (exact) mass is 239 g/mol. The molecule has 2 amide bonds. The summed E-state index contributed by atoms with van der Waals surface area (Å²) in [6, 6.07) is -0.837. The number of carbonyl (C=O) groups is 2. The number of nitrogens with one attached hydrogen (secondary N) is 2. The quantitative estimate of drug-likeness (QED) is 0.336. The summed E-state index contributed by atoms with van der Waals surface area (Å²) in [5.41, 5.74) is 1.87. The third-order valence-electron chi connectivity index (χ3n) is 1.94. The maximum atomic E-state index is 12.4. The number of alkyl halides is 2. The Hall–Kier alpha value is -0.890. The van der Waals surface area contributed by atoms with Gasteiger partial charge in [0.05, 0.1) is 5.25 Å². The number of hydrazine groups is 1. The van der Waals surface area contributed by atoms with E-state index < -0.39 is 29.5 Å². The van der Waals surface area contributed by atoms with E-state index in [4.69, 9.17) is 5.84 Å². The van der Waals surface area contributed by atoms with Gasteiger partial charge in [-0.1, -0.05) is 0 Å². The molecule has 1 rings (SSSR count). The summed E-state index contributed by atoms with van der Waals surface area (Å²) in [6.07, 6.45) is -2.85. The zero-order valence-electron chi connectivity index (χ0n) is 7.70. The fraction of sp³-hybridized carbons (Fsp3) is 0.714. The Kier molecular flexibility index (Phi) is 4.28. The van der Waals surface area contributed by atoms with Crippen molar-refractivity contribution in [3.8, 4) is 0 Å². The molecule has 0 saturated carbocycles. The Morgan fingerprint density at radius 2 is 2.33 bits per heavy atom. The zero-order valence-corrected chi connectivity index (χ0v) is 8.52. The molecule has 1 aliphatic heterocycles. The highest BCUT2D eigenvalue weighted by atomic mass is 32.2. The molecular weight excluding hydrogens is 228 g/mol. The molecule has 0 spiro atoms. The van der Waals surface area contributed by atoms with E-state index in [0.29, 0.717) is 0 Å². The van der Waals surface area contributed by atoms with Crippen molar-refractivity contribution in [1.29, 1.82) is 0 Å². The normalized spacial score (nSPS) is 27.1. The number of hydrogen-bond acceptors (Lipinski definition) is 4. The molecule has 0 unspecified atom stereocenters. The molecule has 0 aromatic rings. The van der Waals surface area contributed by atoms with E-state index in [1.54, 1.807) is 0 Å². The summed E-state index contributed by atoms with van der Waals surface area (Å²) in [5, 5.41) is 1.27. The van der Waals surface area contributed by atoms with Crippen LogP contribution in [0.4, 0.5) is 8.78 Å². The molecule has 1 aliphatic rings. The van der Waals surface area contributed by atoms with E-state index in [1.165, 1.54) is 0 Å². The van der Waals surface area contributed by atoms with Crippen molar-refractivity contribution in [2.24, 2.45) is 5.84 Å². The highest BCUT2D eigenvalue weighted by Gasteiger charge is 2.32. The molecule has 0 bridgehead atoms. The van der Waals surface area contributed by atoms with Crippen LogP contribution < -0.4 is 16.6 Å². The van der Waals surface area contributed by atoms with Gasteiger partial charge in [0, 0.05) is 12.2 Å². The largest absolute Gasteiger partial charge is 0.343 e. The van der Waals surface area contributed by atoms with Crippen LogP contribution in [0.1, 0.15) is 6.42 Å². The van der Waals surface area contributed by atoms with Gasteiger partial charge in [0.1, 0.15) is 6.04 Å². The van der Waals surface area contributed by atoms with Crippen molar-refractivity contribution >= 4 is 23.6 Å². The van der Waals surface area contributed by atoms with Crippen LogP contribution >= 0.6 is 11.8 Å². The fourth-order valence-electron chi connectivity index (χ4n) is 1.16. The molecule has 15 heavy (non-hydrogen) atoms. The molecule has 4 N–H and O–H groups in total. The number of carbonyl (C=O) groups excluding carboxylic acids is 2. The first-order valence-corrected chi connectivity index (χ1v) is 5.29. The Bertz CT molecular complexity index is 265. The van der Waals surface area contributed by atoms with Crippen LogP contribution in [-0.4, -0.2) is 35.3 Å². The number of nitrogens with two attached hydrogens (primary N) is 1. The van der Waals surface area contributed by atoms with Crippen molar-refractivity contribution in [2.45, 2.75) is 24.1 Å². The lowest BCUT2D eigenvalue weighted by atomic mass is 10.2. The average molecular weight is 239 g/mol. The van der Waals surface area contributed by atoms with Gasteiger partial charge in [-0.3, -0.25) is 15.0 Å². The smallest absolute Gasteiger partial charge is 0.257 e. The van der Waals surface area contributed by atoms with Gasteiger partial charge in [-0.2, -0.15) is 0 Å². The molecule has 0 aromatic carbocycles. The van der Waals surface area contributed by atoms with Gasteiger partial charge in [-0.15, -0.1) is 11.8 Å². The molecule has 86 valence electrons. The second-order valence-electron chi connectivity index (χ2n) is 3.04. The Balaban J connectivity index is 2.62. The molecule has 0 aromatic heterocycles. The first-order valence-electron chi connectivity index (χ1n) is 4.24. The van der Waals surface area contributed by atoms with Crippen molar-refractivity contribution in [1.82, 2.24) is 10.7 Å². The molecule has 0 aliphatic carbocycles. The van der Waals surface area contributed by atoms with Gasteiger partial charge >= 0.3 is 0 Å². The van der Waals surface area contributed by atoms with Crippen molar-refractivity contribution in [3.05, 3.63) is 0 Å². The molecule has 8 heteroatoms. The van der Waals surface area contributed by atoms with Gasteiger partial charge in [-0.05, 0) is 0 Å². The average Bonchev–Trinajstić information content (AvgIpc) is 2.38. The highest BCUT2D eigenvalue weighted by molar-refractivity contribution is 8.00. The van der Waals surface area contributed by atoms with Crippen LogP contribution in [0.2, 0.25) is 0 Å². The number of thioether (sulfide) groups is 1. The predicted octanol–water partition coefficient (Wildman–Crippen LogP) is -0.768. The Labute approximate surface area is 89.1 Å². The Morgan fingerprint density at radius 1 is 1.67 bits per heavy atom. The lowest BCUT2D eigenvalue weighted by Crippen LogP contribution is -2.49. The van der Waals surface area contributed by atoms with Crippen LogP contribution in [0.3, 0.4) is 0 Å². The minimum absolute atomic E-state index is 0.101. The number of hydrogen-bond donors (Lipinski definition) is 3. The van der Waals surface area contributed by atoms with E-state index in [-0.39, 0.29) is 12.2 Å². The van der Waals surface area contributed by atoms with Crippen LogP contribution in [0, 0.1) is 0 Å². The molecule has 1 saturated heterocycles. The predicted molar refractivity (Wildman–Crippen MR) is 51.1 cm³/mol. The SMILES string of the molecule is NNC(=O)[C@@H]1CS[C@H](C(F)F)CC(=O)N1. The first-order chi connectivity index (χ1) is 7.04. The maximum Gasteiger partial charge on any atom is 0.257 e. The third-order valence-corrected chi connectivity index (χ3v) is 3.26. The number of halogens is 2. The summed E-state index contributed by atoms with van der Waals surface area (Å²) < 4.78 is 24.7. The molecular formula is C7H11F2N3O2S. The summed E-state index contributed by atoms with van der Waals surface area (Å²) in [6.45, 7) is 0. The van der Waals surface area contributed by atoms with Gasteiger partial charge in [-0.25, -0.2) is 14.6 Å². The lowest BCUT2D eigenvalue weighted by Gasteiger charge is -2.12. The summed E-state index contributed by atoms with van der Waals surface area (Å²) in [5.74, 6) is 3.85. The molecule has 2 atom stereocenters. The topological polar surface area (TPSA) is 84.2 Å². The molecule has 0 radical (unpaired) electrons. The van der Waals surface area contributed by atoms with Crippen molar-refractivity contribution < 1.29 is 18.4 Å². The van der Waals surface area contributed by atoms with Crippen LogP contribution in [0.15, 0.2) is 0 Å². The lowest BCUT2D eigenvalue weighted by molar-refractivity contribution is -0.128. The summed E-state index contributed by atoms with van der Waals surface area (Å²) in [4.78, 5) is 22.2. The molecule has 1 heterocycles. The number of amides is 2. The van der Waals surface area contributed by atoms with Crippen LogP contribution in [0.5, 0.6) is 0 Å². The van der Waals surface area contributed by atoms with E-state index in [1.807, 2.05) is 5.43 Å². The number of rotatable bonds is 2. The van der Waals surface area contributed by atoms with Gasteiger partial charge < -0.3 is 5.32 Å². The summed E-state index contributed by atoms with van der Waals surface area (Å²) >= 11 is 0.898. The van der Waals surface area contributed by atoms with E-state index in [9.17, 15) is 18.4 Å². The first kappa shape index (κ1) is 12.2. The van der Waals surface area contributed by atoms with Gasteiger partial charge in [0.2, 0.25) is 5.91 Å². The maximum absolute atomic E-state index is 12.4. The second-order valence-corrected chi connectivity index (χ2v) is 4.31. The van der Waals surface area contributed by atoms with Crippen molar-refractivity contribution in [2.75, 3.05) is 5.75 Å². The molecule has 5 nitrogen and oxygen atoms in total. The van der Waals surface area contributed by atoms with Crippen molar-refractivity contribution in [3.63, 3.8) is 0 Å². The molecule has 1 fully saturated rings. The van der Waals surface area contributed by atoms with Crippen LogP contribution in [-0.2, 0) is 9.59 Å².